The maximum Gasteiger partial charge on any atom is 0.260 e. The minimum absolute atomic E-state index is 0.195. The number of aromatic nitrogens is 2. The van der Waals surface area contributed by atoms with Gasteiger partial charge in [0.25, 0.3) is 5.89 Å². The lowest BCUT2D eigenvalue weighted by atomic mass is 10.1. The van der Waals surface area contributed by atoms with E-state index in [2.05, 4.69) is 22.1 Å². The molecule has 2 aromatic rings. The first-order valence-corrected chi connectivity index (χ1v) is 7.90. The Morgan fingerprint density at radius 1 is 1.48 bits per heavy atom. The lowest BCUT2D eigenvalue weighted by molar-refractivity contribution is 0.257. The molecule has 2 heterocycles. The smallest absolute Gasteiger partial charge is 0.260 e. The third-order valence-corrected chi connectivity index (χ3v) is 4.65. The molecule has 112 valence electrons. The van der Waals surface area contributed by atoms with E-state index in [4.69, 9.17) is 15.0 Å². The molecule has 0 bridgehead atoms. The van der Waals surface area contributed by atoms with Crippen molar-refractivity contribution in [3.8, 4) is 17.2 Å². The van der Waals surface area contributed by atoms with Gasteiger partial charge < -0.3 is 15.0 Å². The fourth-order valence-electron chi connectivity index (χ4n) is 2.30. The lowest BCUT2D eigenvalue weighted by Crippen LogP contribution is -2.33. The number of hydrogen-bond donors (Lipinski definition) is 1. The van der Waals surface area contributed by atoms with E-state index in [1.807, 2.05) is 23.9 Å². The molecule has 1 fully saturated rings. The van der Waals surface area contributed by atoms with E-state index in [0.717, 1.165) is 29.4 Å². The SMILES string of the molecule is COc1ccc(-c2nc(C3CSCCN3C)no2)c(N)c1. The molecule has 1 saturated heterocycles. The van der Waals surface area contributed by atoms with E-state index in [1.165, 1.54) is 0 Å². The number of nitrogen functional groups attached to an aromatic ring is 1. The van der Waals surface area contributed by atoms with Crippen LogP contribution in [-0.4, -0.2) is 47.2 Å². The second kappa shape index (κ2) is 5.95. The zero-order valence-electron chi connectivity index (χ0n) is 12.1. The highest BCUT2D eigenvalue weighted by molar-refractivity contribution is 7.99. The second-order valence-corrected chi connectivity index (χ2v) is 6.13. The van der Waals surface area contributed by atoms with E-state index in [0.29, 0.717) is 17.3 Å². The summed E-state index contributed by atoms with van der Waals surface area (Å²) in [7, 11) is 3.69. The highest BCUT2D eigenvalue weighted by Crippen LogP contribution is 2.31. The molecule has 1 aromatic heterocycles. The summed E-state index contributed by atoms with van der Waals surface area (Å²) in [6.45, 7) is 1.03. The summed E-state index contributed by atoms with van der Waals surface area (Å²) in [5, 5.41) is 4.12. The normalized spacial score (nSPS) is 19.6. The minimum Gasteiger partial charge on any atom is -0.497 e. The first kappa shape index (κ1) is 14.2. The molecule has 1 aromatic carbocycles. The van der Waals surface area contributed by atoms with Gasteiger partial charge in [-0.05, 0) is 19.2 Å². The molecule has 1 aliphatic rings. The second-order valence-electron chi connectivity index (χ2n) is 4.98. The van der Waals surface area contributed by atoms with Crippen molar-refractivity contribution in [1.82, 2.24) is 15.0 Å². The van der Waals surface area contributed by atoms with Crippen LogP contribution in [0, 0.1) is 0 Å². The van der Waals surface area contributed by atoms with Crippen molar-refractivity contribution in [3.63, 3.8) is 0 Å². The van der Waals surface area contributed by atoms with Gasteiger partial charge in [0, 0.05) is 29.8 Å². The quantitative estimate of drug-likeness (QED) is 0.869. The van der Waals surface area contributed by atoms with Crippen LogP contribution in [0.4, 0.5) is 5.69 Å². The van der Waals surface area contributed by atoms with Crippen molar-refractivity contribution in [2.75, 3.05) is 37.9 Å². The molecular weight excluding hydrogens is 288 g/mol. The number of anilines is 1. The largest absolute Gasteiger partial charge is 0.497 e. The van der Waals surface area contributed by atoms with Crippen LogP contribution in [-0.2, 0) is 0 Å². The van der Waals surface area contributed by atoms with Crippen LogP contribution in [0.1, 0.15) is 11.9 Å². The molecule has 21 heavy (non-hydrogen) atoms. The van der Waals surface area contributed by atoms with Gasteiger partial charge in [-0.1, -0.05) is 5.16 Å². The molecule has 0 saturated carbocycles. The fraction of sp³-hybridized carbons (Fsp3) is 0.429. The molecule has 1 unspecified atom stereocenters. The van der Waals surface area contributed by atoms with Crippen molar-refractivity contribution in [2.45, 2.75) is 6.04 Å². The monoisotopic (exact) mass is 306 g/mol. The zero-order valence-corrected chi connectivity index (χ0v) is 12.9. The Morgan fingerprint density at radius 2 is 2.33 bits per heavy atom. The van der Waals surface area contributed by atoms with E-state index >= 15 is 0 Å². The number of nitrogens with two attached hydrogens (primary N) is 1. The Labute approximate surface area is 127 Å². The highest BCUT2D eigenvalue weighted by atomic mass is 32.2. The summed E-state index contributed by atoms with van der Waals surface area (Å²) in [5.41, 5.74) is 7.32. The van der Waals surface area contributed by atoms with Crippen molar-refractivity contribution in [1.29, 1.82) is 0 Å². The number of ether oxygens (including phenoxy) is 1. The standard InChI is InChI=1S/C14H18N4O2S/c1-18-5-6-21-8-12(18)13-16-14(20-17-13)10-4-3-9(19-2)7-11(10)15/h3-4,7,12H,5-6,8,15H2,1-2H3. The first-order valence-electron chi connectivity index (χ1n) is 6.74. The molecular formula is C14H18N4O2S. The van der Waals surface area contributed by atoms with Crippen LogP contribution >= 0.6 is 11.8 Å². The summed E-state index contributed by atoms with van der Waals surface area (Å²) in [6.07, 6.45) is 0. The summed E-state index contributed by atoms with van der Waals surface area (Å²) in [5.74, 6) is 4.00. The number of nitrogens with zero attached hydrogens (tertiary/aromatic N) is 3. The average molecular weight is 306 g/mol. The van der Waals surface area contributed by atoms with Gasteiger partial charge >= 0.3 is 0 Å². The molecule has 7 heteroatoms. The van der Waals surface area contributed by atoms with Crippen LogP contribution in [0.2, 0.25) is 0 Å². The summed E-state index contributed by atoms with van der Waals surface area (Å²) < 4.78 is 10.5. The van der Waals surface area contributed by atoms with Crippen LogP contribution in [0.5, 0.6) is 5.75 Å². The van der Waals surface area contributed by atoms with E-state index < -0.39 is 0 Å². The molecule has 3 rings (SSSR count). The molecule has 0 aliphatic carbocycles. The topological polar surface area (TPSA) is 77.4 Å². The molecule has 1 atom stereocenters. The Bertz CT molecular complexity index is 631. The Hall–Kier alpha value is -1.73. The average Bonchev–Trinajstić information content (AvgIpc) is 2.97. The fourth-order valence-corrected chi connectivity index (χ4v) is 3.51. The number of rotatable bonds is 3. The summed E-state index contributed by atoms with van der Waals surface area (Å²) in [4.78, 5) is 6.77. The van der Waals surface area contributed by atoms with Crippen LogP contribution in [0.15, 0.2) is 22.7 Å². The van der Waals surface area contributed by atoms with Crippen molar-refractivity contribution in [3.05, 3.63) is 24.0 Å². The predicted molar refractivity (Wildman–Crippen MR) is 83.4 cm³/mol. The lowest BCUT2D eigenvalue weighted by Gasteiger charge is -2.29. The van der Waals surface area contributed by atoms with E-state index in [-0.39, 0.29) is 6.04 Å². The van der Waals surface area contributed by atoms with Crippen molar-refractivity contribution >= 4 is 17.4 Å². The number of hydrogen-bond acceptors (Lipinski definition) is 7. The Kier molecular flexibility index (Phi) is 4.03. The predicted octanol–water partition coefficient (Wildman–Crippen LogP) is 2.05. The number of methoxy groups -OCH3 is 1. The number of benzene rings is 1. The number of thioether (sulfide) groups is 1. The van der Waals surface area contributed by atoms with Gasteiger partial charge in [0.15, 0.2) is 5.82 Å². The maximum atomic E-state index is 6.02. The van der Waals surface area contributed by atoms with Gasteiger partial charge in [-0.2, -0.15) is 16.7 Å². The summed E-state index contributed by atoms with van der Waals surface area (Å²) >= 11 is 1.91. The van der Waals surface area contributed by atoms with E-state index in [9.17, 15) is 0 Å². The van der Waals surface area contributed by atoms with Crippen molar-refractivity contribution in [2.24, 2.45) is 0 Å². The summed E-state index contributed by atoms with van der Waals surface area (Å²) in [6, 6.07) is 5.62. The van der Waals surface area contributed by atoms with Gasteiger partial charge in [0.05, 0.1) is 18.7 Å². The third-order valence-electron chi connectivity index (χ3n) is 3.63. The van der Waals surface area contributed by atoms with Crippen LogP contribution < -0.4 is 10.5 Å². The molecule has 6 nitrogen and oxygen atoms in total. The zero-order chi connectivity index (χ0) is 14.8. The van der Waals surface area contributed by atoms with Crippen LogP contribution in [0.25, 0.3) is 11.5 Å². The van der Waals surface area contributed by atoms with Gasteiger partial charge in [0.2, 0.25) is 0 Å². The molecule has 2 N–H and O–H groups in total. The third kappa shape index (κ3) is 2.84. The minimum atomic E-state index is 0.195. The Morgan fingerprint density at radius 3 is 3.05 bits per heavy atom. The van der Waals surface area contributed by atoms with Crippen LogP contribution in [0.3, 0.4) is 0 Å². The maximum absolute atomic E-state index is 6.02. The highest BCUT2D eigenvalue weighted by Gasteiger charge is 2.26. The van der Waals surface area contributed by atoms with E-state index in [1.54, 1.807) is 13.2 Å². The molecule has 0 amide bonds. The van der Waals surface area contributed by atoms with Gasteiger partial charge in [0.1, 0.15) is 5.75 Å². The van der Waals surface area contributed by atoms with Crippen molar-refractivity contribution < 1.29 is 9.26 Å². The van der Waals surface area contributed by atoms with Gasteiger partial charge in [-0.25, -0.2) is 0 Å². The van der Waals surface area contributed by atoms with Gasteiger partial charge in [-0.15, -0.1) is 0 Å². The van der Waals surface area contributed by atoms with Gasteiger partial charge in [-0.3, -0.25) is 4.90 Å². The molecule has 0 radical (unpaired) electrons. The Balaban J connectivity index is 1.87. The molecule has 0 spiro atoms. The molecule has 1 aliphatic heterocycles. The first-order chi connectivity index (χ1) is 10.2.